The molecule has 0 aliphatic rings. The Hall–Kier alpha value is -1.68. The number of nitrogens with zero attached hydrogens (tertiary/aromatic N) is 1. The van der Waals surface area contributed by atoms with Gasteiger partial charge in [-0.15, -0.1) is 0 Å². The highest BCUT2D eigenvalue weighted by Crippen LogP contribution is 2.32. The van der Waals surface area contributed by atoms with E-state index in [1.165, 1.54) is 6.07 Å². The Morgan fingerprint density at radius 3 is 2.71 bits per heavy atom. The minimum absolute atomic E-state index is 0.303. The molecule has 0 N–H and O–H groups in total. The van der Waals surface area contributed by atoms with E-state index in [9.17, 15) is 4.39 Å². The molecule has 0 radical (unpaired) electrons. The van der Waals surface area contributed by atoms with E-state index in [2.05, 4.69) is 21.1 Å². The Bertz CT molecular complexity index is 693. The Kier molecular flexibility index (Phi) is 2.44. The molecule has 3 aromatic rings. The first-order valence-corrected chi connectivity index (χ1v) is 5.85. The molecule has 0 atom stereocenters. The van der Waals surface area contributed by atoms with Crippen LogP contribution in [0.25, 0.3) is 22.2 Å². The summed E-state index contributed by atoms with van der Waals surface area (Å²) < 4.78 is 19.7. The number of rotatable bonds is 1. The van der Waals surface area contributed by atoms with Crippen LogP contribution in [0.2, 0.25) is 0 Å². The molecule has 0 aliphatic heterocycles. The summed E-state index contributed by atoms with van der Waals surface area (Å²) in [7, 11) is 0. The van der Waals surface area contributed by atoms with Crippen molar-refractivity contribution in [2.75, 3.05) is 0 Å². The van der Waals surface area contributed by atoms with Crippen LogP contribution >= 0.6 is 15.9 Å². The van der Waals surface area contributed by atoms with Crippen molar-refractivity contribution in [3.8, 4) is 11.3 Å². The van der Waals surface area contributed by atoms with E-state index >= 15 is 0 Å². The zero-order chi connectivity index (χ0) is 11.8. The molecule has 0 saturated carbocycles. The van der Waals surface area contributed by atoms with Crippen LogP contribution < -0.4 is 0 Å². The van der Waals surface area contributed by atoms with Crippen molar-refractivity contribution in [2.24, 2.45) is 0 Å². The maximum Gasteiger partial charge on any atom is 0.181 e. The van der Waals surface area contributed by atoms with E-state index < -0.39 is 0 Å². The fourth-order valence-electron chi connectivity index (χ4n) is 1.78. The standard InChI is InChI=1S/C13H7BrFNO/c14-10-6-3-5-9-12(16-17-13(9)10)8-4-1-2-7-11(8)15/h1-7H. The van der Waals surface area contributed by atoms with Crippen LogP contribution in [0, 0.1) is 5.82 Å². The zero-order valence-electron chi connectivity index (χ0n) is 8.65. The number of fused-ring (bicyclic) bond motifs is 1. The molecule has 84 valence electrons. The largest absolute Gasteiger partial charge is 0.354 e. The first-order valence-electron chi connectivity index (χ1n) is 5.06. The lowest BCUT2D eigenvalue weighted by Crippen LogP contribution is -1.83. The fraction of sp³-hybridized carbons (Fsp3) is 0. The van der Waals surface area contributed by atoms with Crippen LogP contribution in [0.4, 0.5) is 4.39 Å². The molecule has 0 fully saturated rings. The van der Waals surface area contributed by atoms with E-state index in [4.69, 9.17) is 4.52 Å². The molecule has 0 spiro atoms. The van der Waals surface area contributed by atoms with E-state index in [1.807, 2.05) is 18.2 Å². The second kappa shape index (κ2) is 3.96. The van der Waals surface area contributed by atoms with Gasteiger partial charge in [-0.25, -0.2) is 4.39 Å². The molecule has 2 aromatic carbocycles. The van der Waals surface area contributed by atoms with Crippen molar-refractivity contribution in [3.05, 3.63) is 52.8 Å². The van der Waals surface area contributed by atoms with E-state index in [-0.39, 0.29) is 5.82 Å². The minimum Gasteiger partial charge on any atom is -0.354 e. The summed E-state index contributed by atoms with van der Waals surface area (Å²) in [5.41, 5.74) is 1.61. The lowest BCUT2D eigenvalue weighted by Gasteiger charge is -1.98. The average Bonchev–Trinajstić information content (AvgIpc) is 2.75. The van der Waals surface area contributed by atoms with Gasteiger partial charge in [0.1, 0.15) is 11.5 Å². The van der Waals surface area contributed by atoms with Crippen molar-refractivity contribution in [2.45, 2.75) is 0 Å². The number of benzene rings is 2. The summed E-state index contributed by atoms with van der Waals surface area (Å²) >= 11 is 3.37. The Balaban J connectivity index is 2.33. The van der Waals surface area contributed by atoms with E-state index in [0.717, 1.165) is 9.86 Å². The number of halogens is 2. The SMILES string of the molecule is Fc1ccccc1-c1noc2c(Br)cccc12. The second-order valence-electron chi connectivity index (χ2n) is 3.63. The van der Waals surface area contributed by atoms with Gasteiger partial charge in [0.25, 0.3) is 0 Å². The number of aromatic nitrogens is 1. The lowest BCUT2D eigenvalue weighted by atomic mass is 10.1. The van der Waals surface area contributed by atoms with Crippen LogP contribution in [0.3, 0.4) is 0 Å². The van der Waals surface area contributed by atoms with Crippen LogP contribution in [0.5, 0.6) is 0 Å². The summed E-state index contributed by atoms with van der Waals surface area (Å²) in [6.45, 7) is 0. The van der Waals surface area contributed by atoms with Crippen LogP contribution in [0.1, 0.15) is 0 Å². The van der Waals surface area contributed by atoms with Crippen LogP contribution in [0.15, 0.2) is 51.5 Å². The summed E-state index contributed by atoms with van der Waals surface area (Å²) in [5.74, 6) is -0.303. The van der Waals surface area contributed by atoms with Crippen molar-refractivity contribution in [1.29, 1.82) is 0 Å². The molecule has 0 saturated heterocycles. The van der Waals surface area contributed by atoms with Gasteiger partial charge in [-0.3, -0.25) is 0 Å². The normalized spacial score (nSPS) is 10.9. The van der Waals surface area contributed by atoms with Gasteiger partial charge in [0.2, 0.25) is 0 Å². The first-order chi connectivity index (χ1) is 8.27. The molecule has 4 heteroatoms. The number of hydrogen-bond acceptors (Lipinski definition) is 2. The van der Waals surface area contributed by atoms with Gasteiger partial charge >= 0.3 is 0 Å². The maximum absolute atomic E-state index is 13.7. The Labute approximate surface area is 105 Å². The molecule has 0 amide bonds. The third-order valence-electron chi connectivity index (χ3n) is 2.58. The van der Waals surface area contributed by atoms with E-state index in [1.54, 1.807) is 18.2 Å². The maximum atomic E-state index is 13.7. The summed E-state index contributed by atoms with van der Waals surface area (Å²) in [6.07, 6.45) is 0. The molecule has 1 heterocycles. The zero-order valence-corrected chi connectivity index (χ0v) is 10.2. The average molecular weight is 292 g/mol. The van der Waals surface area contributed by atoms with Crippen molar-refractivity contribution < 1.29 is 8.91 Å². The predicted octanol–water partition coefficient (Wildman–Crippen LogP) is 4.40. The van der Waals surface area contributed by atoms with Gasteiger partial charge in [-0.05, 0) is 40.2 Å². The molecule has 0 unspecified atom stereocenters. The Morgan fingerprint density at radius 2 is 1.88 bits per heavy atom. The molecule has 0 aliphatic carbocycles. The van der Waals surface area contributed by atoms with Crippen molar-refractivity contribution >= 4 is 26.9 Å². The monoisotopic (exact) mass is 291 g/mol. The highest BCUT2D eigenvalue weighted by Gasteiger charge is 2.14. The quantitative estimate of drug-likeness (QED) is 0.664. The van der Waals surface area contributed by atoms with Gasteiger partial charge < -0.3 is 4.52 Å². The first kappa shape index (κ1) is 10.5. The van der Waals surface area contributed by atoms with Gasteiger partial charge in [-0.2, -0.15) is 0 Å². The molecule has 2 nitrogen and oxygen atoms in total. The summed E-state index contributed by atoms with van der Waals surface area (Å²) in [6, 6.07) is 12.1. The molecule has 17 heavy (non-hydrogen) atoms. The summed E-state index contributed by atoms with van der Waals surface area (Å²) in [5, 5.41) is 4.74. The topological polar surface area (TPSA) is 26.0 Å². The lowest BCUT2D eigenvalue weighted by molar-refractivity contribution is 0.457. The van der Waals surface area contributed by atoms with E-state index in [0.29, 0.717) is 16.8 Å². The molecule has 3 rings (SSSR count). The number of hydrogen-bond donors (Lipinski definition) is 0. The van der Waals surface area contributed by atoms with Crippen molar-refractivity contribution in [1.82, 2.24) is 5.16 Å². The smallest absolute Gasteiger partial charge is 0.181 e. The van der Waals surface area contributed by atoms with Crippen molar-refractivity contribution in [3.63, 3.8) is 0 Å². The van der Waals surface area contributed by atoms with Gasteiger partial charge in [-0.1, -0.05) is 23.4 Å². The minimum atomic E-state index is -0.303. The molecule has 1 aromatic heterocycles. The predicted molar refractivity (Wildman–Crippen MR) is 67.1 cm³/mol. The third-order valence-corrected chi connectivity index (χ3v) is 3.20. The van der Waals surface area contributed by atoms with Gasteiger partial charge in [0.05, 0.1) is 9.86 Å². The fourth-order valence-corrected chi connectivity index (χ4v) is 2.21. The Morgan fingerprint density at radius 1 is 1.06 bits per heavy atom. The molecular formula is C13H7BrFNO. The molecule has 0 bridgehead atoms. The third kappa shape index (κ3) is 1.65. The highest BCUT2D eigenvalue weighted by atomic mass is 79.9. The second-order valence-corrected chi connectivity index (χ2v) is 4.48. The van der Waals surface area contributed by atoms with Gasteiger partial charge in [0.15, 0.2) is 5.58 Å². The summed E-state index contributed by atoms with van der Waals surface area (Å²) in [4.78, 5) is 0. The van der Waals surface area contributed by atoms with Gasteiger partial charge in [0, 0.05) is 5.56 Å². The molecular weight excluding hydrogens is 285 g/mol. The van der Waals surface area contributed by atoms with Crippen LogP contribution in [-0.2, 0) is 0 Å². The highest BCUT2D eigenvalue weighted by molar-refractivity contribution is 9.10. The van der Waals surface area contributed by atoms with Crippen LogP contribution in [-0.4, -0.2) is 5.16 Å². The number of para-hydroxylation sites is 1.